The quantitative estimate of drug-likeness (QED) is 0.919. The van der Waals surface area contributed by atoms with Crippen LogP contribution in [0.2, 0.25) is 0 Å². The van der Waals surface area contributed by atoms with Crippen molar-refractivity contribution in [3.63, 3.8) is 0 Å². The molecule has 1 aliphatic heterocycles. The third-order valence-corrected chi connectivity index (χ3v) is 4.44. The minimum atomic E-state index is 0.151. The fourth-order valence-electron chi connectivity index (χ4n) is 3.56. The van der Waals surface area contributed by atoms with E-state index in [0.29, 0.717) is 18.5 Å². The summed E-state index contributed by atoms with van der Waals surface area (Å²) in [5, 5.41) is 9.45. The molecule has 4 nitrogen and oxygen atoms in total. The number of aliphatic hydroxyl groups is 1. The smallest absolute Gasteiger partial charge is 0.127 e. The summed E-state index contributed by atoms with van der Waals surface area (Å²) in [5.74, 6) is 1.62. The van der Waals surface area contributed by atoms with Crippen LogP contribution in [0.25, 0.3) is 11.0 Å². The summed E-state index contributed by atoms with van der Waals surface area (Å²) in [6, 6.07) is 8.58. The lowest BCUT2D eigenvalue weighted by molar-refractivity contribution is 0.177. The Bertz CT molecular complexity index is 599. The molecular weight excluding hydrogens is 262 g/mol. The van der Waals surface area contributed by atoms with E-state index in [0.717, 1.165) is 29.9 Å². The summed E-state index contributed by atoms with van der Waals surface area (Å²) >= 11 is 0. The van der Waals surface area contributed by atoms with Gasteiger partial charge in [-0.3, -0.25) is 4.90 Å². The second kappa shape index (κ2) is 6.16. The lowest BCUT2D eigenvalue weighted by Crippen LogP contribution is -2.32. The molecule has 1 N–H and O–H groups in total. The highest BCUT2D eigenvalue weighted by atomic mass is 16.3. The molecule has 1 atom stereocenters. The number of aromatic nitrogens is 2. The summed E-state index contributed by atoms with van der Waals surface area (Å²) in [5.41, 5.74) is 2.16. The second-order valence-electron chi connectivity index (χ2n) is 6.27. The van der Waals surface area contributed by atoms with Crippen LogP contribution in [0.5, 0.6) is 0 Å². The van der Waals surface area contributed by atoms with Crippen molar-refractivity contribution in [3.8, 4) is 0 Å². The van der Waals surface area contributed by atoms with Gasteiger partial charge in [0, 0.05) is 6.54 Å². The van der Waals surface area contributed by atoms with Crippen molar-refractivity contribution in [2.75, 3.05) is 19.7 Å². The molecule has 0 aliphatic carbocycles. The van der Waals surface area contributed by atoms with Gasteiger partial charge in [-0.2, -0.15) is 0 Å². The number of imidazole rings is 1. The SMILES string of the molecule is CC(C)C(c1nc2ccccc2n1CCO)N1CCCC1. The van der Waals surface area contributed by atoms with Crippen molar-refractivity contribution in [2.24, 2.45) is 5.92 Å². The Kier molecular flexibility index (Phi) is 4.27. The third-order valence-electron chi connectivity index (χ3n) is 4.44. The molecule has 2 heterocycles. The van der Waals surface area contributed by atoms with Crippen LogP contribution >= 0.6 is 0 Å². The molecule has 1 aliphatic rings. The van der Waals surface area contributed by atoms with E-state index < -0.39 is 0 Å². The first kappa shape index (κ1) is 14.5. The first-order valence-corrected chi connectivity index (χ1v) is 8.02. The lowest BCUT2D eigenvalue weighted by atomic mass is 10.0. The Morgan fingerprint density at radius 1 is 1.19 bits per heavy atom. The normalized spacial score (nSPS) is 17.9. The van der Waals surface area contributed by atoms with Crippen LogP contribution in [0, 0.1) is 5.92 Å². The van der Waals surface area contributed by atoms with E-state index in [1.807, 2.05) is 12.1 Å². The minimum absolute atomic E-state index is 0.151. The van der Waals surface area contributed by atoms with Gasteiger partial charge in [-0.15, -0.1) is 0 Å². The second-order valence-corrected chi connectivity index (χ2v) is 6.27. The molecule has 1 fully saturated rings. The first-order chi connectivity index (χ1) is 10.2. The molecule has 0 spiro atoms. The van der Waals surface area contributed by atoms with Crippen LogP contribution in [0.15, 0.2) is 24.3 Å². The molecule has 1 unspecified atom stereocenters. The highest BCUT2D eigenvalue weighted by Gasteiger charge is 2.30. The van der Waals surface area contributed by atoms with Gasteiger partial charge in [0.15, 0.2) is 0 Å². The highest BCUT2D eigenvalue weighted by Crippen LogP contribution is 2.33. The predicted octanol–water partition coefficient (Wildman–Crippen LogP) is 2.82. The Morgan fingerprint density at radius 3 is 2.57 bits per heavy atom. The molecule has 0 radical (unpaired) electrons. The van der Waals surface area contributed by atoms with Crippen LogP contribution in [0.1, 0.15) is 38.6 Å². The number of para-hydroxylation sites is 2. The number of aliphatic hydroxyl groups excluding tert-OH is 1. The van der Waals surface area contributed by atoms with Gasteiger partial charge in [-0.25, -0.2) is 4.98 Å². The molecule has 21 heavy (non-hydrogen) atoms. The van der Waals surface area contributed by atoms with Crippen LogP contribution in [-0.4, -0.2) is 39.3 Å². The van der Waals surface area contributed by atoms with E-state index in [4.69, 9.17) is 4.98 Å². The van der Waals surface area contributed by atoms with Crippen LogP contribution in [0.4, 0.5) is 0 Å². The van der Waals surface area contributed by atoms with Gasteiger partial charge in [-0.1, -0.05) is 26.0 Å². The van der Waals surface area contributed by atoms with E-state index >= 15 is 0 Å². The van der Waals surface area contributed by atoms with Gasteiger partial charge < -0.3 is 9.67 Å². The van der Waals surface area contributed by atoms with Crippen molar-refractivity contribution in [2.45, 2.75) is 39.3 Å². The number of likely N-dealkylation sites (tertiary alicyclic amines) is 1. The summed E-state index contributed by atoms with van der Waals surface area (Å²) in [6.07, 6.45) is 2.56. The topological polar surface area (TPSA) is 41.3 Å². The number of hydrogen-bond donors (Lipinski definition) is 1. The summed E-state index contributed by atoms with van der Waals surface area (Å²) in [4.78, 5) is 7.46. The van der Waals surface area contributed by atoms with Gasteiger partial charge >= 0.3 is 0 Å². The van der Waals surface area contributed by atoms with Gasteiger partial charge in [0.05, 0.1) is 23.7 Å². The number of hydrogen-bond acceptors (Lipinski definition) is 3. The zero-order valence-electron chi connectivity index (χ0n) is 13.0. The summed E-state index contributed by atoms with van der Waals surface area (Å²) in [6.45, 7) is 7.62. The van der Waals surface area contributed by atoms with Crippen LogP contribution in [0.3, 0.4) is 0 Å². The average molecular weight is 287 g/mol. The molecular formula is C17H25N3O. The Hall–Kier alpha value is -1.39. The van der Waals surface area contributed by atoms with Crippen molar-refractivity contribution >= 4 is 11.0 Å². The number of nitrogens with zero attached hydrogens (tertiary/aromatic N) is 3. The van der Waals surface area contributed by atoms with Crippen LogP contribution in [-0.2, 0) is 6.54 Å². The molecule has 1 saturated heterocycles. The number of fused-ring (bicyclic) bond motifs is 1. The molecule has 4 heteroatoms. The predicted molar refractivity (Wildman–Crippen MR) is 85.2 cm³/mol. The molecule has 0 amide bonds. The summed E-state index contributed by atoms with van der Waals surface area (Å²) in [7, 11) is 0. The minimum Gasteiger partial charge on any atom is -0.395 e. The fourth-order valence-corrected chi connectivity index (χ4v) is 3.56. The molecule has 3 rings (SSSR count). The van der Waals surface area contributed by atoms with Gasteiger partial charge in [0.25, 0.3) is 0 Å². The maximum Gasteiger partial charge on any atom is 0.127 e. The van der Waals surface area contributed by atoms with Gasteiger partial charge in [-0.05, 0) is 44.0 Å². The molecule has 0 saturated carbocycles. The molecule has 1 aromatic carbocycles. The van der Waals surface area contributed by atoms with E-state index in [2.05, 4.69) is 35.4 Å². The van der Waals surface area contributed by atoms with Crippen molar-refractivity contribution in [1.29, 1.82) is 0 Å². The standard InChI is InChI=1S/C17H25N3O/c1-13(2)16(19-9-5-6-10-19)17-18-14-7-3-4-8-15(14)20(17)11-12-21/h3-4,7-8,13,16,21H,5-6,9-12H2,1-2H3. The Labute approximate surface area is 126 Å². The molecule has 2 aromatic rings. The van der Waals surface area contributed by atoms with Crippen molar-refractivity contribution in [3.05, 3.63) is 30.1 Å². The van der Waals surface area contributed by atoms with Crippen molar-refractivity contribution in [1.82, 2.24) is 14.5 Å². The fraction of sp³-hybridized carbons (Fsp3) is 0.588. The molecule has 1 aromatic heterocycles. The monoisotopic (exact) mass is 287 g/mol. The van der Waals surface area contributed by atoms with Gasteiger partial charge in [0.1, 0.15) is 5.82 Å². The number of benzene rings is 1. The largest absolute Gasteiger partial charge is 0.395 e. The van der Waals surface area contributed by atoms with E-state index in [-0.39, 0.29) is 6.61 Å². The van der Waals surface area contributed by atoms with Crippen molar-refractivity contribution < 1.29 is 5.11 Å². The maximum absolute atomic E-state index is 9.45. The zero-order chi connectivity index (χ0) is 14.8. The highest BCUT2D eigenvalue weighted by molar-refractivity contribution is 5.76. The van der Waals surface area contributed by atoms with E-state index in [9.17, 15) is 5.11 Å². The molecule has 0 bridgehead atoms. The number of rotatable bonds is 5. The average Bonchev–Trinajstić information content (AvgIpc) is 3.09. The first-order valence-electron chi connectivity index (χ1n) is 8.02. The zero-order valence-corrected chi connectivity index (χ0v) is 13.0. The lowest BCUT2D eigenvalue weighted by Gasteiger charge is -2.30. The Balaban J connectivity index is 2.09. The maximum atomic E-state index is 9.45. The van der Waals surface area contributed by atoms with E-state index in [1.165, 1.54) is 12.8 Å². The molecule has 114 valence electrons. The van der Waals surface area contributed by atoms with Crippen LogP contribution < -0.4 is 0 Å². The van der Waals surface area contributed by atoms with Gasteiger partial charge in [0.2, 0.25) is 0 Å². The third kappa shape index (κ3) is 2.70. The summed E-state index contributed by atoms with van der Waals surface area (Å²) < 4.78 is 2.21. The van der Waals surface area contributed by atoms with E-state index in [1.54, 1.807) is 0 Å². The Morgan fingerprint density at radius 2 is 1.90 bits per heavy atom.